The average molecular weight is 223 g/mol. The summed E-state index contributed by atoms with van der Waals surface area (Å²) in [7, 11) is 0. The SMILES string of the molecule is Cc1nc2cc3oc4ccccc4c3cc2o1. The number of aromatic nitrogens is 1. The Morgan fingerprint density at radius 1 is 0.882 bits per heavy atom. The van der Waals surface area contributed by atoms with E-state index in [0.717, 1.165) is 33.0 Å². The molecule has 0 aliphatic carbocycles. The van der Waals surface area contributed by atoms with E-state index < -0.39 is 0 Å². The van der Waals surface area contributed by atoms with Gasteiger partial charge in [0, 0.05) is 23.8 Å². The zero-order valence-electron chi connectivity index (χ0n) is 9.23. The van der Waals surface area contributed by atoms with Crippen molar-refractivity contribution in [1.29, 1.82) is 0 Å². The van der Waals surface area contributed by atoms with Gasteiger partial charge in [-0.1, -0.05) is 18.2 Å². The monoisotopic (exact) mass is 223 g/mol. The standard InChI is InChI=1S/C14H9NO2/c1-8-15-11-7-13-10(6-14(11)16-8)9-4-2-3-5-12(9)17-13/h2-7H,1H3. The van der Waals surface area contributed by atoms with E-state index in [4.69, 9.17) is 8.83 Å². The first-order valence-corrected chi connectivity index (χ1v) is 5.50. The quantitative estimate of drug-likeness (QED) is 0.451. The van der Waals surface area contributed by atoms with Gasteiger partial charge in [-0.15, -0.1) is 0 Å². The van der Waals surface area contributed by atoms with Crippen molar-refractivity contribution in [3.05, 3.63) is 42.3 Å². The Morgan fingerprint density at radius 2 is 1.76 bits per heavy atom. The predicted molar refractivity (Wildman–Crippen MR) is 66.0 cm³/mol. The minimum atomic E-state index is 0.678. The van der Waals surface area contributed by atoms with Gasteiger partial charge in [0.15, 0.2) is 11.5 Å². The van der Waals surface area contributed by atoms with E-state index in [1.165, 1.54) is 0 Å². The molecule has 0 unspecified atom stereocenters. The Labute approximate surface area is 96.6 Å². The third-order valence-electron chi connectivity index (χ3n) is 2.99. The molecule has 0 saturated carbocycles. The molecule has 2 heterocycles. The molecule has 2 aromatic carbocycles. The number of para-hydroxylation sites is 1. The average Bonchev–Trinajstić information content (AvgIpc) is 2.84. The molecule has 0 fully saturated rings. The van der Waals surface area contributed by atoms with Gasteiger partial charge in [0.25, 0.3) is 0 Å². The van der Waals surface area contributed by atoms with Crippen molar-refractivity contribution in [1.82, 2.24) is 4.98 Å². The van der Waals surface area contributed by atoms with Crippen LogP contribution in [0.15, 0.2) is 45.2 Å². The lowest BCUT2D eigenvalue weighted by atomic mass is 10.1. The minimum absolute atomic E-state index is 0.678. The van der Waals surface area contributed by atoms with Gasteiger partial charge < -0.3 is 8.83 Å². The number of aryl methyl sites for hydroxylation is 1. The third kappa shape index (κ3) is 1.13. The molecule has 0 N–H and O–H groups in total. The van der Waals surface area contributed by atoms with Gasteiger partial charge in [-0.05, 0) is 12.1 Å². The zero-order chi connectivity index (χ0) is 11.4. The highest BCUT2D eigenvalue weighted by Gasteiger charge is 2.10. The number of hydrogen-bond donors (Lipinski definition) is 0. The maximum absolute atomic E-state index is 5.79. The van der Waals surface area contributed by atoms with Crippen LogP contribution in [0.1, 0.15) is 5.89 Å². The zero-order valence-corrected chi connectivity index (χ0v) is 9.23. The molecular weight excluding hydrogens is 214 g/mol. The molecule has 4 aromatic rings. The number of hydrogen-bond acceptors (Lipinski definition) is 3. The molecule has 4 rings (SSSR count). The summed E-state index contributed by atoms with van der Waals surface area (Å²) in [6, 6.07) is 11.9. The maximum Gasteiger partial charge on any atom is 0.192 e. The molecule has 0 saturated heterocycles. The second-order valence-corrected chi connectivity index (χ2v) is 4.15. The van der Waals surface area contributed by atoms with Gasteiger partial charge in [-0.3, -0.25) is 0 Å². The number of nitrogens with zero attached hydrogens (tertiary/aromatic N) is 1. The molecule has 0 amide bonds. The summed E-state index contributed by atoms with van der Waals surface area (Å²) < 4.78 is 11.3. The van der Waals surface area contributed by atoms with Gasteiger partial charge in [-0.2, -0.15) is 0 Å². The number of benzene rings is 2. The van der Waals surface area contributed by atoms with E-state index in [0.29, 0.717) is 5.89 Å². The highest BCUT2D eigenvalue weighted by Crippen LogP contribution is 2.31. The van der Waals surface area contributed by atoms with Crippen molar-refractivity contribution < 1.29 is 8.83 Å². The topological polar surface area (TPSA) is 39.2 Å². The Hall–Kier alpha value is -2.29. The highest BCUT2D eigenvalue weighted by atomic mass is 16.3. The second-order valence-electron chi connectivity index (χ2n) is 4.15. The van der Waals surface area contributed by atoms with Crippen molar-refractivity contribution in [3.8, 4) is 0 Å². The first kappa shape index (κ1) is 8.82. The molecule has 3 heteroatoms. The van der Waals surface area contributed by atoms with Gasteiger partial charge in [0.05, 0.1) is 0 Å². The third-order valence-corrected chi connectivity index (χ3v) is 2.99. The maximum atomic E-state index is 5.79. The summed E-state index contributed by atoms with van der Waals surface area (Å²) in [5, 5.41) is 2.18. The molecule has 0 bridgehead atoms. The number of oxazole rings is 1. The van der Waals surface area contributed by atoms with Crippen LogP contribution in [-0.2, 0) is 0 Å². The van der Waals surface area contributed by atoms with Crippen molar-refractivity contribution in [2.45, 2.75) is 6.92 Å². The van der Waals surface area contributed by atoms with Gasteiger partial charge >= 0.3 is 0 Å². The number of furan rings is 1. The lowest BCUT2D eigenvalue weighted by Crippen LogP contribution is -1.69. The summed E-state index contributed by atoms with van der Waals surface area (Å²) >= 11 is 0. The summed E-state index contributed by atoms with van der Waals surface area (Å²) in [6.45, 7) is 1.85. The van der Waals surface area contributed by atoms with E-state index >= 15 is 0 Å². The van der Waals surface area contributed by atoms with Crippen molar-refractivity contribution in [2.24, 2.45) is 0 Å². The Kier molecular flexibility index (Phi) is 1.50. The summed E-state index contributed by atoms with van der Waals surface area (Å²) in [5.41, 5.74) is 3.40. The van der Waals surface area contributed by atoms with E-state index in [1.54, 1.807) is 0 Å². The van der Waals surface area contributed by atoms with Crippen molar-refractivity contribution in [2.75, 3.05) is 0 Å². The van der Waals surface area contributed by atoms with Crippen LogP contribution in [0.4, 0.5) is 0 Å². The number of fused-ring (bicyclic) bond motifs is 4. The van der Waals surface area contributed by atoms with Crippen LogP contribution in [-0.4, -0.2) is 4.98 Å². The summed E-state index contributed by atoms with van der Waals surface area (Å²) in [6.07, 6.45) is 0. The normalized spacial score (nSPS) is 11.8. The van der Waals surface area contributed by atoms with E-state index in [-0.39, 0.29) is 0 Å². The predicted octanol–water partition coefficient (Wildman–Crippen LogP) is 4.04. The number of rotatable bonds is 0. The molecule has 2 aromatic heterocycles. The largest absolute Gasteiger partial charge is 0.456 e. The molecule has 0 aliphatic heterocycles. The van der Waals surface area contributed by atoms with Crippen molar-refractivity contribution >= 4 is 33.0 Å². The van der Waals surface area contributed by atoms with Gasteiger partial charge in [0.1, 0.15) is 16.7 Å². The second kappa shape index (κ2) is 2.88. The summed E-state index contributed by atoms with van der Waals surface area (Å²) in [4.78, 5) is 4.31. The van der Waals surface area contributed by atoms with Crippen molar-refractivity contribution in [3.63, 3.8) is 0 Å². The lowest BCUT2D eigenvalue weighted by Gasteiger charge is -1.88. The molecule has 3 nitrogen and oxygen atoms in total. The van der Waals surface area contributed by atoms with Crippen LogP contribution in [0.2, 0.25) is 0 Å². The molecule has 17 heavy (non-hydrogen) atoms. The summed E-state index contributed by atoms with van der Waals surface area (Å²) in [5.74, 6) is 0.678. The molecule has 0 atom stereocenters. The van der Waals surface area contributed by atoms with Crippen LogP contribution in [0.25, 0.3) is 33.0 Å². The minimum Gasteiger partial charge on any atom is -0.456 e. The van der Waals surface area contributed by atoms with Crippen LogP contribution in [0.5, 0.6) is 0 Å². The van der Waals surface area contributed by atoms with Crippen LogP contribution in [0, 0.1) is 6.92 Å². The Bertz CT molecular complexity index is 854. The fraction of sp³-hybridized carbons (Fsp3) is 0.0714. The highest BCUT2D eigenvalue weighted by molar-refractivity contribution is 6.08. The Morgan fingerprint density at radius 3 is 2.71 bits per heavy atom. The first-order chi connectivity index (χ1) is 8.31. The fourth-order valence-corrected chi connectivity index (χ4v) is 2.26. The van der Waals surface area contributed by atoms with Crippen LogP contribution >= 0.6 is 0 Å². The van der Waals surface area contributed by atoms with E-state index in [1.807, 2.05) is 37.3 Å². The Balaban J connectivity index is 2.26. The van der Waals surface area contributed by atoms with E-state index in [2.05, 4.69) is 11.1 Å². The lowest BCUT2D eigenvalue weighted by molar-refractivity contribution is 0.561. The van der Waals surface area contributed by atoms with E-state index in [9.17, 15) is 0 Å². The molecule has 0 radical (unpaired) electrons. The van der Waals surface area contributed by atoms with Gasteiger partial charge in [-0.25, -0.2) is 4.98 Å². The molecule has 82 valence electrons. The molecule has 0 spiro atoms. The smallest absolute Gasteiger partial charge is 0.192 e. The van der Waals surface area contributed by atoms with Crippen LogP contribution < -0.4 is 0 Å². The first-order valence-electron chi connectivity index (χ1n) is 5.50. The van der Waals surface area contributed by atoms with Crippen LogP contribution in [0.3, 0.4) is 0 Å². The fourth-order valence-electron chi connectivity index (χ4n) is 2.26. The van der Waals surface area contributed by atoms with Gasteiger partial charge in [0.2, 0.25) is 0 Å². The molecular formula is C14H9NO2. The molecule has 0 aliphatic rings.